The first-order valence-corrected chi connectivity index (χ1v) is 4.82. The van der Waals surface area contributed by atoms with Gasteiger partial charge < -0.3 is 5.73 Å². The van der Waals surface area contributed by atoms with Crippen molar-refractivity contribution in [2.24, 2.45) is 0 Å². The number of hydrogen-bond acceptors (Lipinski definition) is 2. The molecule has 0 aliphatic rings. The Morgan fingerprint density at radius 2 is 2.00 bits per heavy atom. The second kappa shape index (κ2) is 4.61. The third kappa shape index (κ3) is 3.20. The molecule has 0 aliphatic carbocycles. The molecule has 0 unspecified atom stereocenters. The summed E-state index contributed by atoms with van der Waals surface area (Å²) in [5.41, 5.74) is 5.51. The monoisotopic (exact) mass is 233 g/mol. The van der Waals surface area contributed by atoms with Gasteiger partial charge in [-0.1, -0.05) is 12.2 Å². The second-order valence-corrected chi connectivity index (χ2v) is 3.29. The highest BCUT2D eigenvalue weighted by Gasteiger charge is 2.30. The molecule has 1 aromatic rings. The maximum absolute atomic E-state index is 12.3. The lowest BCUT2D eigenvalue weighted by molar-refractivity contribution is -0.137. The van der Waals surface area contributed by atoms with Crippen molar-refractivity contribution < 1.29 is 13.2 Å². The van der Waals surface area contributed by atoms with Gasteiger partial charge in [-0.05, 0) is 23.8 Å². The Balaban J connectivity index is 3.11. The lowest BCUT2D eigenvalue weighted by Crippen LogP contribution is -2.05. The highest BCUT2D eigenvalue weighted by Crippen LogP contribution is 2.31. The third-order valence-electron chi connectivity index (χ3n) is 1.82. The SMILES string of the molecule is Nc1ccc(C(F)(F)F)cc1C=CCS. The molecular weight excluding hydrogens is 223 g/mol. The fraction of sp³-hybridized carbons (Fsp3) is 0.200. The first kappa shape index (κ1) is 12.0. The van der Waals surface area contributed by atoms with E-state index in [1.165, 1.54) is 12.1 Å². The zero-order valence-corrected chi connectivity index (χ0v) is 8.65. The van der Waals surface area contributed by atoms with Crippen molar-refractivity contribution in [1.82, 2.24) is 0 Å². The van der Waals surface area contributed by atoms with E-state index in [0.717, 1.165) is 12.1 Å². The Morgan fingerprint density at radius 3 is 2.53 bits per heavy atom. The predicted molar refractivity (Wildman–Crippen MR) is 58.7 cm³/mol. The number of hydrogen-bond donors (Lipinski definition) is 2. The third-order valence-corrected chi connectivity index (χ3v) is 2.03. The molecule has 0 aromatic heterocycles. The summed E-state index contributed by atoms with van der Waals surface area (Å²) in [4.78, 5) is 0. The van der Waals surface area contributed by atoms with E-state index in [-0.39, 0.29) is 0 Å². The first-order valence-electron chi connectivity index (χ1n) is 4.19. The van der Waals surface area contributed by atoms with Gasteiger partial charge in [0.25, 0.3) is 0 Å². The van der Waals surface area contributed by atoms with E-state index >= 15 is 0 Å². The summed E-state index contributed by atoms with van der Waals surface area (Å²) in [5.74, 6) is 0.454. The average Bonchev–Trinajstić information content (AvgIpc) is 2.15. The molecule has 1 nitrogen and oxygen atoms in total. The smallest absolute Gasteiger partial charge is 0.398 e. The van der Waals surface area contributed by atoms with Crippen LogP contribution < -0.4 is 5.73 Å². The quantitative estimate of drug-likeness (QED) is 0.595. The lowest BCUT2D eigenvalue weighted by atomic mass is 10.1. The Bertz CT molecular complexity index is 371. The van der Waals surface area contributed by atoms with Crippen LogP contribution in [0.5, 0.6) is 0 Å². The first-order chi connectivity index (χ1) is 6.95. The van der Waals surface area contributed by atoms with E-state index in [4.69, 9.17) is 5.73 Å². The molecular formula is C10H10F3NS. The van der Waals surface area contributed by atoms with Crippen molar-refractivity contribution in [2.45, 2.75) is 6.18 Å². The minimum absolute atomic E-state index is 0.320. The number of nitrogens with two attached hydrogens (primary N) is 1. The summed E-state index contributed by atoms with van der Waals surface area (Å²) >= 11 is 3.92. The number of alkyl halides is 3. The molecule has 0 atom stereocenters. The molecule has 0 amide bonds. The molecule has 5 heteroatoms. The number of nitrogen functional groups attached to an aromatic ring is 1. The predicted octanol–water partition coefficient (Wildman–Crippen LogP) is 3.23. The van der Waals surface area contributed by atoms with Crippen molar-refractivity contribution in [1.29, 1.82) is 0 Å². The minimum Gasteiger partial charge on any atom is -0.398 e. The zero-order valence-electron chi connectivity index (χ0n) is 7.75. The standard InChI is InChI=1S/C10H10F3NS/c11-10(12,13)8-3-4-9(14)7(6-8)2-1-5-15/h1-4,6,15H,5,14H2. The van der Waals surface area contributed by atoms with Crippen LogP contribution >= 0.6 is 12.6 Å². The van der Waals surface area contributed by atoms with Crippen molar-refractivity contribution in [3.63, 3.8) is 0 Å². The minimum atomic E-state index is -4.34. The summed E-state index contributed by atoms with van der Waals surface area (Å²) < 4.78 is 37.0. The molecule has 0 radical (unpaired) electrons. The van der Waals surface area contributed by atoms with Crippen molar-refractivity contribution in [3.05, 3.63) is 35.4 Å². The topological polar surface area (TPSA) is 26.0 Å². The highest BCUT2D eigenvalue weighted by atomic mass is 32.1. The summed E-state index contributed by atoms with van der Waals surface area (Å²) in [5, 5.41) is 0. The summed E-state index contributed by atoms with van der Waals surface area (Å²) in [6.45, 7) is 0. The Labute approximate surface area is 91.2 Å². The number of thiol groups is 1. The van der Waals surface area contributed by atoms with Crippen LogP contribution in [0.2, 0.25) is 0 Å². The number of anilines is 1. The largest absolute Gasteiger partial charge is 0.416 e. The van der Waals surface area contributed by atoms with Crippen LogP contribution in [0.15, 0.2) is 24.3 Å². The van der Waals surface area contributed by atoms with Crippen LogP contribution in [0.25, 0.3) is 6.08 Å². The number of benzene rings is 1. The van der Waals surface area contributed by atoms with Gasteiger partial charge in [-0.25, -0.2) is 0 Å². The van der Waals surface area contributed by atoms with Gasteiger partial charge in [0.2, 0.25) is 0 Å². The van der Waals surface area contributed by atoms with Crippen molar-refractivity contribution >= 4 is 24.4 Å². The van der Waals surface area contributed by atoms with Gasteiger partial charge in [0.05, 0.1) is 5.56 Å². The van der Waals surface area contributed by atoms with Crippen molar-refractivity contribution in [2.75, 3.05) is 11.5 Å². The maximum Gasteiger partial charge on any atom is 0.416 e. The van der Waals surface area contributed by atoms with Crippen LogP contribution in [0, 0.1) is 0 Å². The van der Waals surface area contributed by atoms with Gasteiger partial charge in [-0.3, -0.25) is 0 Å². The van der Waals surface area contributed by atoms with Gasteiger partial charge in [0.15, 0.2) is 0 Å². The normalized spacial score (nSPS) is 12.3. The molecule has 0 spiro atoms. The van der Waals surface area contributed by atoms with Gasteiger partial charge in [0.1, 0.15) is 0 Å². The second-order valence-electron chi connectivity index (χ2n) is 2.93. The molecule has 2 N–H and O–H groups in total. The van der Waals surface area contributed by atoms with Gasteiger partial charge in [-0.15, -0.1) is 0 Å². The Morgan fingerprint density at radius 1 is 1.33 bits per heavy atom. The van der Waals surface area contributed by atoms with Crippen LogP contribution in [0.1, 0.15) is 11.1 Å². The molecule has 0 bridgehead atoms. The zero-order chi connectivity index (χ0) is 11.5. The Hall–Kier alpha value is -1.10. The van der Waals surface area contributed by atoms with Crippen molar-refractivity contribution in [3.8, 4) is 0 Å². The van der Waals surface area contributed by atoms with Gasteiger partial charge >= 0.3 is 6.18 Å². The van der Waals surface area contributed by atoms with Crippen LogP contribution in [-0.4, -0.2) is 5.75 Å². The van der Waals surface area contributed by atoms with E-state index in [2.05, 4.69) is 12.6 Å². The van der Waals surface area contributed by atoms with Gasteiger partial charge in [0, 0.05) is 11.4 Å². The van der Waals surface area contributed by atoms with Crippen LogP contribution in [0.3, 0.4) is 0 Å². The lowest BCUT2D eigenvalue weighted by Gasteiger charge is -2.08. The van der Waals surface area contributed by atoms with E-state index in [9.17, 15) is 13.2 Å². The molecule has 15 heavy (non-hydrogen) atoms. The fourth-order valence-corrected chi connectivity index (χ4v) is 1.18. The molecule has 82 valence electrons. The molecule has 0 saturated carbocycles. The molecule has 1 rings (SSSR count). The summed E-state index contributed by atoms with van der Waals surface area (Å²) in [7, 11) is 0. The molecule has 1 aromatic carbocycles. The van der Waals surface area contributed by atoms with E-state index in [0.29, 0.717) is 17.0 Å². The molecule has 0 heterocycles. The van der Waals surface area contributed by atoms with E-state index in [1.807, 2.05) is 0 Å². The maximum atomic E-state index is 12.3. The molecule has 0 aliphatic heterocycles. The number of halogens is 3. The Kier molecular flexibility index (Phi) is 3.68. The van der Waals surface area contributed by atoms with E-state index in [1.54, 1.807) is 6.08 Å². The highest BCUT2D eigenvalue weighted by molar-refractivity contribution is 7.80. The molecule has 0 fully saturated rings. The van der Waals surface area contributed by atoms with Gasteiger partial charge in [-0.2, -0.15) is 25.8 Å². The van der Waals surface area contributed by atoms with Crippen LogP contribution in [0.4, 0.5) is 18.9 Å². The average molecular weight is 233 g/mol. The van der Waals surface area contributed by atoms with E-state index < -0.39 is 11.7 Å². The summed E-state index contributed by atoms with van der Waals surface area (Å²) in [6, 6.07) is 3.24. The number of rotatable bonds is 2. The van der Waals surface area contributed by atoms with Crippen LogP contribution in [-0.2, 0) is 6.18 Å². The fourth-order valence-electron chi connectivity index (χ4n) is 1.08. The summed E-state index contributed by atoms with van der Waals surface area (Å²) in [6.07, 6.45) is -1.18. The molecule has 0 saturated heterocycles.